The maximum atomic E-state index is 12.9. The molecule has 0 radical (unpaired) electrons. The molecule has 0 aromatic heterocycles. The lowest BCUT2D eigenvalue weighted by Gasteiger charge is -2.08. The number of hydrogen-bond donors (Lipinski definition) is 2. The number of hydrogen-bond acceptors (Lipinski definition) is 3. The third-order valence-electron chi connectivity index (χ3n) is 2.22. The predicted molar refractivity (Wildman–Crippen MR) is 65.5 cm³/mol. The quantitative estimate of drug-likeness (QED) is 0.720. The van der Waals surface area contributed by atoms with E-state index in [4.69, 9.17) is 4.74 Å². The zero-order chi connectivity index (χ0) is 12.7. The molecule has 96 valence electrons. The summed E-state index contributed by atoms with van der Waals surface area (Å²) < 4.78 is 18.3. The molecule has 0 aliphatic heterocycles. The molecule has 1 aromatic carbocycles. The third-order valence-corrected chi connectivity index (χ3v) is 2.22. The van der Waals surface area contributed by atoms with E-state index in [0.717, 1.165) is 31.2 Å². The van der Waals surface area contributed by atoms with Crippen molar-refractivity contribution in [1.82, 2.24) is 5.32 Å². The van der Waals surface area contributed by atoms with Crippen molar-refractivity contribution < 1.29 is 14.2 Å². The van der Waals surface area contributed by atoms with E-state index in [1.54, 1.807) is 6.07 Å². The SMILES string of the molecule is CC(C)OCCCNCc1cc(O)cc(F)c1. The van der Waals surface area contributed by atoms with Gasteiger partial charge in [0, 0.05) is 19.2 Å². The first-order valence-electron chi connectivity index (χ1n) is 5.88. The number of aromatic hydroxyl groups is 1. The van der Waals surface area contributed by atoms with Crippen LogP contribution < -0.4 is 5.32 Å². The van der Waals surface area contributed by atoms with Gasteiger partial charge in [-0.1, -0.05) is 0 Å². The second kappa shape index (κ2) is 7.25. The number of halogens is 1. The molecule has 0 atom stereocenters. The summed E-state index contributed by atoms with van der Waals surface area (Å²) in [4.78, 5) is 0. The van der Waals surface area contributed by atoms with Gasteiger partial charge in [-0.3, -0.25) is 0 Å². The topological polar surface area (TPSA) is 41.5 Å². The summed E-state index contributed by atoms with van der Waals surface area (Å²) in [5, 5.41) is 12.4. The predicted octanol–water partition coefficient (Wildman–Crippen LogP) is 2.44. The number of nitrogens with one attached hydrogen (secondary N) is 1. The van der Waals surface area contributed by atoms with Gasteiger partial charge < -0.3 is 15.2 Å². The fraction of sp³-hybridized carbons (Fsp3) is 0.538. The molecule has 17 heavy (non-hydrogen) atoms. The molecule has 0 saturated heterocycles. The van der Waals surface area contributed by atoms with E-state index < -0.39 is 5.82 Å². The maximum Gasteiger partial charge on any atom is 0.127 e. The Morgan fingerprint density at radius 2 is 2.12 bits per heavy atom. The van der Waals surface area contributed by atoms with Crippen molar-refractivity contribution in [2.24, 2.45) is 0 Å². The molecule has 0 unspecified atom stereocenters. The normalized spacial score (nSPS) is 11.1. The van der Waals surface area contributed by atoms with Crippen LogP contribution in [0.25, 0.3) is 0 Å². The van der Waals surface area contributed by atoms with Crippen LogP contribution >= 0.6 is 0 Å². The molecule has 0 fully saturated rings. The van der Waals surface area contributed by atoms with Crippen LogP contribution in [0.4, 0.5) is 4.39 Å². The Balaban J connectivity index is 2.18. The van der Waals surface area contributed by atoms with Crippen LogP contribution in [0, 0.1) is 5.82 Å². The molecular weight excluding hydrogens is 221 g/mol. The van der Waals surface area contributed by atoms with Gasteiger partial charge in [0.1, 0.15) is 11.6 Å². The molecule has 3 nitrogen and oxygen atoms in total. The monoisotopic (exact) mass is 241 g/mol. The van der Waals surface area contributed by atoms with Gasteiger partial charge in [-0.25, -0.2) is 4.39 Å². The van der Waals surface area contributed by atoms with Crippen molar-refractivity contribution in [3.8, 4) is 5.75 Å². The van der Waals surface area contributed by atoms with E-state index in [-0.39, 0.29) is 11.9 Å². The van der Waals surface area contributed by atoms with Gasteiger partial charge in [0.2, 0.25) is 0 Å². The zero-order valence-electron chi connectivity index (χ0n) is 10.4. The first kappa shape index (κ1) is 13.9. The fourth-order valence-corrected chi connectivity index (χ4v) is 1.48. The lowest BCUT2D eigenvalue weighted by Crippen LogP contribution is -2.17. The summed E-state index contributed by atoms with van der Waals surface area (Å²) in [7, 11) is 0. The molecule has 0 spiro atoms. The Kier molecular flexibility index (Phi) is 5.94. The fourth-order valence-electron chi connectivity index (χ4n) is 1.48. The summed E-state index contributed by atoms with van der Waals surface area (Å²) in [6, 6.07) is 4.07. The lowest BCUT2D eigenvalue weighted by molar-refractivity contribution is 0.0770. The number of phenolic OH excluding ortho intramolecular Hbond substituents is 1. The molecule has 0 amide bonds. The van der Waals surface area contributed by atoms with Crippen LogP contribution in [0.2, 0.25) is 0 Å². The van der Waals surface area contributed by atoms with Crippen LogP contribution in [-0.4, -0.2) is 24.4 Å². The minimum absolute atomic E-state index is 0.0371. The van der Waals surface area contributed by atoms with E-state index in [2.05, 4.69) is 5.32 Å². The maximum absolute atomic E-state index is 12.9. The van der Waals surface area contributed by atoms with Crippen molar-refractivity contribution in [2.75, 3.05) is 13.2 Å². The Hall–Kier alpha value is -1.13. The van der Waals surface area contributed by atoms with Crippen LogP contribution in [0.15, 0.2) is 18.2 Å². The Morgan fingerprint density at radius 3 is 2.76 bits per heavy atom. The Morgan fingerprint density at radius 1 is 1.35 bits per heavy atom. The first-order chi connectivity index (χ1) is 8.08. The lowest BCUT2D eigenvalue weighted by atomic mass is 10.2. The minimum atomic E-state index is -0.412. The van der Waals surface area contributed by atoms with Crippen molar-refractivity contribution in [2.45, 2.75) is 32.9 Å². The van der Waals surface area contributed by atoms with Gasteiger partial charge in [-0.2, -0.15) is 0 Å². The molecule has 0 saturated carbocycles. The van der Waals surface area contributed by atoms with Gasteiger partial charge in [0.15, 0.2) is 0 Å². The second-order valence-corrected chi connectivity index (χ2v) is 4.27. The summed E-state index contributed by atoms with van der Waals surface area (Å²) in [6.45, 7) is 6.09. The first-order valence-corrected chi connectivity index (χ1v) is 5.88. The van der Waals surface area contributed by atoms with Crippen LogP contribution in [0.3, 0.4) is 0 Å². The molecule has 0 aliphatic rings. The van der Waals surface area contributed by atoms with E-state index >= 15 is 0 Å². The summed E-state index contributed by atoms with van der Waals surface area (Å²) in [5.74, 6) is -0.449. The minimum Gasteiger partial charge on any atom is -0.508 e. The molecule has 4 heteroatoms. The number of ether oxygens (including phenoxy) is 1. The molecule has 2 N–H and O–H groups in total. The van der Waals surface area contributed by atoms with Crippen LogP contribution in [0.1, 0.15) is 25.8 Å². The second-order valence-electron chi connectivity index (χ2n) is 4.27. The van der Waals surface area contributed by atoms with Crippen molar-refractivity contribution in [3.63, 3.8) is 0 Å². The van der Waals surface area contributed by atoms with E-state index in [1.165, 1.54) is 6.07 Å². The molecule has 1 rings (SSSR count). The standard InChI is InChI=1S/C13H20FNO2/c1-10(2)17-5-3-4-15-9-11-6-12(14)8-13(16)7-11/h6-8,10,15-16H,3-5,9H2,1-2H3. The number of phenols is 1. The average molecular weight is 241 g/mol. The highest BCUT2D eigenvalue weighted by Gasteiger charge is 1.99. The van der Waals surface area contributed by atoms with Crippen molar-refractivity contribution in [1.29, 1.82) is 0 Å². The molecule has 0 bridgehead atoms. The molecule has 0 aliphatic carbocycles. The largest absolute Gasteiger partial charge is 0.508 e. The summed E-state index contributed by atoms with van der Waals surface area (Å²) in [5.41, 5.74) is 0.743. The number of benzene rings is 1. The van der Waals surface area contributed by atoms with Crippen LogP contribution in [0.5, 0.6) is 5.75 Å². The zero-order valence-corrected chi connectivity index (χ0v) is 10.4. The van der Waals surface area contributed by atoms with Gasteiger partial charge in [0.05, 0.1) is 6.10 Å². The smallest absolute Gasteiger partial charge is 0.127 e. The van der Waals surface area contributed by atoms with Gasteiger partial charge in [-0.05, 0) is 44.5 Å². The van der Waals surface area contributed by atoms with Gasteiger partial charge in [0.25, 0.3) is 0 Å². The highest BCUT2D eigenvalue weighted by Crippen LogP contribution is 2.14. The highest BCUT2D eigenvalue weighted by molar-refractivity contribution is 5.28. The summed E-state index contributed by atoms with van der Waals surface area (Å²) in [6.07, 6.45) is 1.18. The van der Waals surface area contributed by atoms with Crippen molar-refractivity contribution in [3.05, 3.63) is 29.6 Å². The summed E-state index contributed by atoms with van der Waals surface area (Å²) >= 11 is 0. The molecule has 0 heterocycles. The van der Waals surface area contributed by atoms with Crippen molar-refractivity contribution >= 4 is 0 Å². The Labute approximate surface area is 102 Å². The van der Waals surface area contributed by atoms with Gasteiger partial charge >= 0.3 is 0 Å². The Bertz CT molecular complexity index is 322. The van der Waals surface area contributed by atoms with Crippen LogP contribution in [-0.2, 0) is 11.3 Å². The molecule has 1 aromatic rings. The van der Waals surface area contributed by atoms with E-state index in [1.807, 2.05) is 13.8 Å². The average Bonchev–Trinajstić information content (AvgIpc) is 2.21. The highest BCUT2D eigenvalue weighted by atomic mass is 19.1. The van der Waals surface area contributed by atoms with E-state index in [9.17, 15) is 9.50 Å². The number of rotatable bonds is 7. The van der Waals surface area contributed by atoms with E-state index in [0.29, 0.717) is 6.54 Å². The third kappa shape index (κ3) is 6.24. The van der Waals surface area contributed by atoms with Gasteiger partial charge in [-0.15, -0.1) is 0 Å². The molecular formula is C13H20FNO2.